The molecule has 186 valence electrons. The number of hydrogen-bond acceptors (Lipinski definition) is 8. The van der Waals surface area contributed by atoms with Gasteiger partial charge < -0.3 is 30.9 Å². The first kappa shape index (κ1) is 25.8. The number of aliphatic hydroxyl groups excluding tert-OH is 1. The van der Waals surface area contributed by atoms with Gasteiger partial charge in [-0.25, -0.2) is 8.42 Å². The fourth-order valence-corrected chi connectivity index (χ4v) is 5.12. The smallest absolute Gasteiger partial charge is 0.259 e. The van der Waals surface area contributed by atoms with Gasteiger partial charge >= 0.3 is 0 Å². The molecule has 2 atom stereocenters. The Morgan fingerprint density at radius 2 is 2.00 bits per heavy atom. The number of phenolic OH excluding ortho intramolecular Hbond substituents is 1. The van der Waals surface area contributed by atoms with Gasteiger partial charge in [0.25, 0.3) is 5.91 Å². The van der Waals surface area contributed by atoms with E-state index >= 15 is 0 Å². The highest BCUT2D eigenvalue weighted by atomic mass is 32.2. The number of hydrogen-bond donors (Lipinski definition) is 4. The Balaban J connectivity index is 1.68. The molecule has 0 aliphatic heterocycles. The number of nitrogens with two attached hydrogens (primary N) is 1. The van der Waals surface area contributed by atoms with Crippen molar-refractivity contribution in [2.24, 2.45) is 0 Å². The van der Waals surface area contributed by atoms with Crippen LogP contribution in [0, 0.1) is 0 Å². The predicted octanol–water partition coefficient (Wildman–Crippen LogP) is 1.42. The van der Waals surface area contributed by atoms with Crippen LogP contribution in [0.3, 0.4) is 0 Å². The van der Waals surface area contributed by atoms with Crippen molar-refractivity contribution in [3.05, 3.63) is 47.0 Å². The molecule has 2 aromatic carbocycles. The third-order valence-corrected chi connectivity index (χ3v) is 7.21. The van der Waals surface area contributed by atoms with E-state index in [0.29, 0.717) is 5.75 Å². The van der Waals surface area contributed by atoms with Crippen molar-refractivity contribution in [2.45, 2.75) is 42.7 Å². The molecule has 5 N–H and O–H groups in total. The fourth-order valence-electron chi connectivity index (χ4n) is 4.15. The number of anilines is 1. The van der Waals surface area contributed by atoms with Gasteiger partial charge in [0.05, 0.1) is 11.8 Å². The van der Waals surface area contributed by atoms with E-state index in [4.69, 9.17) is 10.5 Å². The fraction of sp³-hybridized carbons (Fsp3) is 0.458. The lowest BCUT2D eigenvalue weighted by Gasteiger charge is -2.21. The minimum absolute atomic E-state index is 0.0246. The van der Waals surface area contributed by atoms with Crippen molar-refractivity contribution in [3.63, 3.8) is 0 Å². The van der Waals surface area contributed by atoms with Gasteiger partial charge in [0.2, 0.25) is 0 Å². The summed E-state index contributed by atoms with van der Waals surface area (Å²) in [6, 6.07) is 8.63. The number of aliphatic hydroxyl groups is 1. The summed E-state index contributed by atoms with van der Waals surface area (Å²) in [5.41, 5.74) is 8.46. The Hall–Kier alpha value is -2.82. The zero-order valence-electron chi connectivity index (χ0n) is 19.7. The van der Waals surface area contributed by atoms with E-state index in [9.17, 15) is 23.4 Å². The van der Waals surface area contributed by atoms with Crippen LogP contribution in [-0.4, -0.2) is 69.0 Å². The number of sulfone groups is 1. The van der Waals surface area contributed by atoms with Gasteiger partial charge in [0.1, 0.15) is 16.4 Å². The van der Waals surface area contributed by atoms with E-state index < -0.39 is 21.7 Å². The molecule has 0 aromatic heterocycles. The molecule has 3 rings (SSSR count). The predicted molar refractivity (Wildman–Crippen MR) is 130 cm³/mol. The summed E-state index contributed by atoms with van der Waals surface area (Å²) >= 11 is 0. The quantitative estimate of drug-likeness (QED) is 0.321. The van der Waals surface area contributed by atoms with Gasteiger partial charge in [0, 0.05) is 38.5 Å². The van der Waals surface area contributed by atoms with E-state index in [1.54, 1.807) is 14.1 Å². The van der Waals surface area contributed by atoms with E-state index in [1.165, 1.54) is 22.6 Å². The van der Waals surface area contributed by atoms with Crippen LogP contribution < -0.4 is 15.8 Å². The van der Waals surface area contributed by atoms with Crippen molar-refractivity contribution < 1.29 is 28.2 Å². The minimum atomic E-state index is -3.76. The number of ether oxygens (including phenoxy) is 1. The van der Waals surface area contributed by atoms with Gasteiger partial charge in [-0.1, -0.05) is 12.1 Å². The van der Waals surface area contributed by atoms with Crippen LogP contribution in [0.1, 0.15) is 35.6 Å². The van der Waals surface area contributed by atoms with Crippen molar-refractivity contribution in [3.8, 4) is 11.5 Å². The van der Waals surface area contributed by atoms with Gasteiger partial charge in [-0.15, -0.1) is 0 Å². The maximum absolute atomic E-state index is 12.0. The van der Waals surface area contributed by atoms with Crippen LogP contribution >= 0.6 is 0 Å². The summed E-state index contributed by atoms with van der Waals surface area (Å²) in [5, 5.41) is 24.0. The second kappa shape index (κ2) is 10.6. The summed E-state index contributed by atoms with van der Waals surface area (Å²) in [6.07, 6.45) is 3.44. The number of nitrogen functional groups attached to an aromatic ring is 1. The average molecular weight is 492 g/mol. The third kappa shape index (κ3) is 6.19. The number of nitrogens with one attached hydrogen (secondary N) is 1. The summed E-state index contributed by atoms with van der Waals surface area (Å²) < 4.78 is 29.6. The number of benzene rings is 2. The van der Waals surface area contributed by atoms with Crippen molar-refractivity contribution in [1.82, 2.24) is 10.2 Å². The molecule has 2 aromatic rings. The lowest BCUT2D eigenvalue weighted by atomic mass is 10.0. The molecule has 9 nitrogen and oxygen atoms in total. The first-order valence-corrected chi connectivity index (χ1v) is 13.0. The molecule has 0 saturated carbocycles. The van der Waals surface area contributed by atoms with Crippen LogP contribution in [0.5, 0.6) is 11.5 Å². The second-order valence-electron chi connectivity index (χ2n) is 8.91. The number of likely N-dealkylation sites (N-methyl/N-ethyl adjacent to an activating group) is 1. The molecular weight excluding hydrogens is 458 g/mol. The summed E-state index contributed by atoms with van der Waals surface area (Å²) in [7, 11) is -0.392. The van der Waals surface area contributed by atoms with Crippen molar-refractivity contribution in [1.29, 1.82) is 0 Å². The third-order valence-electron chi connectivity index (χ3n) is 6.04. The Bertz CT molecular complexity index is 1150. The first-order chi connectivity index (χ1) is 16.0. The number of carbonyl (C=O) groups excluding carboxylic acids is 1. The lowest BCUT2D eigenvalue weighted by Crippen LogP contribution is -2.34. The number of fused-ring (bicyclic) bond motifs is 1. The Labute approximate surface area is 200 Å². The van der Waals surface area contributed by atoms with Crippen molar-refractivity contribution in [2.75, 3.05) is 39.2 Å². The van der Waals surface area contributed by atoms with E-state index in [2.05, 4.69) is 5.32 Å². The molecule has 0 saturated heterocycles. The molecule has 0 radical (unpaired) electrons. The number of amides is 1. The Morgan fingerprint density at radius 1 is 1.26 bits per heavy atom. The first-order valence-electron chi connectivity index (χ1n) is 11.1. The number of nitrogens with zero attached hydrogens (tertiary/aromatic N) is 1. The Morgan fingerprint density at radius 3 is 2.68 bits per heavy atom. The molecule has 0 heterocycles. The van der Waals surface area contributed by atoms with Gasteiger partial charge in [0.15, 0.2) is 16.4 Å². The largest absolute Gasteiger partial charge is 0.507 e. The average Bonchev–Trinajstić information content (AvgIpc) is 2.96. The minimum Gasteiger partial charge on any atom is -0.507 e. The van der Waals surface area contributed by atoms with Crippen LogP contribution in [-0.2, 0) is 27.5 Å². The second-order valence-corrected chi connectivity index (χ2v) is 10.9. The number of rotatable bonds is 8. The zero-order valence-corrected chi connectivity index (χ0v) is 20.6. The summed E-state index contributed by atoms with van der Waals surface area (Å²) in [4.78, 5) is 12.9. The van der Waals surface area contributed by atoms with Crippen LogP contribution in [0.4, 0.5) is 5.69 Å². The van der Waals surface area contributed by atoms with E-state index in [1.807, 2.05) is 18.2 Å². The standard InChI is InChI=1S/C24H33N3O6S/c1-27(2)22(30)14-33-18-8-7-15-5-4-6-17(11-16(15)12-18)26-13-21(29)19-9-10-20(28)24(23(19)25)34(3,31)32/h7-10,12,17,21,26,28-29H,4-6,11,13-14,25H2,1-3H3/t17?,21-/m0/s1. The molecule has 34 heavy (non-hydrogen) atoms. The van der Waals surface area contributed by atoms with Gasteiger partial charge in [-0.3, -0.25) is 4.79 Å². The highest BCUT2D eigenvalue weighted by molar-refractivity contribution is 7.91. The number of phenols is 1. The molecule has 0 fully saturated rings. The maximum Gasteiger partial charge on any atom is 0.259 e. The zero-order chi connectivity index (χ0) is 25.0. The maximum atomic E-state index is 12.0. The van der Waals surface area contributed by atoms with Gasteiger partial charge in [-0.05, 0) is 55.0 Å². The Kier molecular flexibility index (Phi) is 8.06. The van der Waals surface area contributed by atoms with E-state index in [-0.39, 0.29) is 41.2 Å². The summed E-state index contributed by atoms with van der Waals surface area (Å²) in [6.45, 7) is 0.148. The molecule has 0 spiro atoms. The van der Waals surface area contributed by atoms with Crippen LogP contribution in [0.2, 0.25) is 0 Å². The van der Waals surface area contributed by atoms with Crippen LogP contribution in [0.25, 0.3) is 0 Å². The monoisotopic (exact) mass is 491 g/mol. The highest BCUT2D eigenvalue weighted by Gasteiger charge is 2.24. The number of aromatic hydroxyl groups is 1. The topological polar surface area (TPSA) is 142 Å². The molecular formula is C24H33N3O6S. The SMILES string of the molecule is CN(C)C(=O)COc1ccc2c(c1)CC(NC[C@H](O)c1ccc(O)c(S(C)(=O)=O)c1N)CCC2. The normalized spacial score (nSPS) is 16.9. The summed E-state index contributed by atoms with van der Waals surface area (Å²) in [5.74, 6) is 0.0883. The molecule has 1 aliphatic carbocycles. The molecule has 0 bridgehead atoms. The number of aryl methyl sites for hydroxylation is 1. The lowest BCUT2D eigenvalue weighted by molar-refractivity contribution is -0.130. The molecule has 1 amide bonds. The molecule has 1 aliphatic rings. The molecule has 10 heteroatoms. The number of carbonyl (C=O) groups is 1. The highest BCUT2D eigenvalue weighted by Crippen LogP contribution is 2.34. The van der Waals surface area contributed by atoms with Crippen LogP contribution in [0.15, 0.2) is 35.2 Å². The van der Waals surface area contributed by atoms with Crippen molar-refractivity contribution >= 4 is 21.4 Å². The van der Waals surface area contributed by atoms with Gasteiger partial charge in [-0.2, -0.15) is 0 Å². The molecule has 1 unspecified atom stereocenters. The van der Waals surface area contributed by atoms with E-state index in [0.717, 1.165) is 37.5 Å².